The van der Waals surface area contributed by atoms with Crippen LogP contribution in [-0.4, -0.2) is 24.0 Å². The lowest BCUT2D eigenvalue weighted by atomic mass is 9.91. The van der Waals surface area contributed by atoms with Crippen molar-refractivity contribution in [2.24, 2.45) is 17.8 Å². The molecule has 2 heterocycles. The van der Waals surface area contributed by atoms with E-state index in [2.05, 4.69) is 35.5 Å². The summed E-state index contributed by atoms with van der Waals surface area (Å²) in [5.41, 5.74) is 1.69. The summed E-state index contributed by atoms with van der Waals surface area (Å²) in [5.74, 6) is 1.49. The number of nitrogens with one attached hydrogen (secondary N) is 2. The molecule has 1 aliphatic heterocycles. The Morgan fingerprint density at radius 3 is 2.73 bits per heavy atom. The molecule has 2 fully saturated rings. The molecule has 2 aliphatic rings. The largest absolute Gasteiger partial charge is 0.347 e. The summed E-state index contributed by atoms with van der Waals surface area (Å²) < 4.78 is 0. The monoisotopic (exact) mass is 295 g/mol. The first-order valence-corrected chi connectivity index (χ1v) is 7.95. The molecule has 0 radical (unpaired) electrons. The highest BCUT2D eigenvalue weighted by molar-refractivity contribution is 5.86. The smallest absolute Gasteiger partial charge is 0.224 e. The van der Waals surface area contributed by atoms with Gasteiger partial charge < -0.3 is 10.6 Å². The molecule has 2 unspecified atom stereocenters. The van der Waals surface area contributed by atoms with Crippen molar-refractivity contribution in [3.05, 3.63) is 42.1 Å². The molecule has 4 nitrogen and oxygen atoms in total. The van der Waals surface area contributed by atoms with Gasteiger partial charge in [0.15, 0.2) is 0 Å². The van der Waals surface area contributed by atoms with Crippen LogP contribution in [0.4, 0.5) is 0 Å². The first kappa shape index (κ1) is 13.7. The van der Waals surface area contributed by atoms with Crippen LogP contribution in [0.25, 0.3) is 10.9 Å². The summed E-state index contributed by atoms with van der Waals surface area (Å²) in [7, 11) is 0. The van der Waals surface area contributed by atoms with Crippen LogP contribution in [0.5, 0.6) is 0 Å². The van der Waals surface area contributed by atoms with E-state index in [-0.39, 0.29) is 11.8 Å². The van der Waals surface area contributed by atoms with Gasteiger partial charge in [-0.25, -0.2) is 0 Å². The second-order valence-corrected chi connectivity index (χ2v) is 7.00. The van der Waals surface area contributed by atoms with Crippen LogP contribution in [0, 0.1) is 17.8 Å². The predicted molar refractivity (Wildman–Crippen MR) is 86.3 cm³/mol. The number of hydrogen-bond acceptors (Lipinski definition) is 3. The standard InChI is InChI=1S/C18H21N3O/c1-18(2,21-17(22)16-12-9-19-10-13(12)16)14-7-8-20-15-6-4-3-5-11(14)15/h3-8,12-13,16,19H,9-10H2,1-2H3,(H,21,22)/t12-,13?,16?/m1/s1. The fourth-order valence-corrected chi connectivity index (χ4v) is 3.91. The lowest BCUT2D eigenvalue weighted by molar-refractivity contribution is -0.124. The molecule has 1 aromatic carbocycles. The number of benzene rings is 1. The van der Waals surface area contributed by atoms with E-state index in [4.69, 9.17) is 0 Å². The summed E-state index contributed by atoms with van der Waals surface area (Å²) in [6, 6.07) is 10.1. The van der Waals surface area contributed by atoms with Crippen LogP contribution in [0.1, 0.15) is 19.4 Å². The van der Waals surface area contributed by atoms with Gasteiger partial charge in [0, 0.05) is 17.5 Å². The van der Waals surface area contributed by atoms with Gasteiger partial charge in [-0.2, -0.15) is 0 Å². The third kappa shape index (κ3) is 2.10. The minimum Gasteiger partial charge on any atom is -0.347 e. The summed E-state index contributed by atoms with van der Waals surface area (Å²) in [6.45, 7) is 6.12. The molecule has 0 bridgehead atoms. The maximum Gasteiger partial charge on any atom is 0.224 e. The van der Waals surface area contributed by atoms with Crippen molar-refractivity contribution in [2.45, 2.75) is 19.4 Å². The maximum absolute atomic E-state index is 12.6. The average molecular weight is 295 g/mol. The summed E-state index contributed by atoms with van der Waals surface area (Å²) >= 11 is 0. The van der Waals surface area contributed by atoms with Crippen molar-refractivity contribution < 1.29 is 4.79 Å². The molecule has 1 amide bonds. The lowest BCUT2D eigenvalue weighted by Crippen LogP contribution is -2.43. The van der Waals surface area contributed by atoms with Crippen molar-refractivity contribution in [3.63, 3.8) is 0 Å². The van der Waals surface area contributed by atoms with Crippen molar-refractivity contribution >= 4 is 16.8 Å². The average Bonchev–Trinajstić information content (AvgIpc) is 3.00. The number of aromatic nitrogens is 1. The van der Waals surface area contributed by atoms with E-state index in [0.717, 1.165) is 29.6 Å². The van der Waals surface area contributed by atoms with Crippen molar-refractivity contribution in [1.82, 2.24) is 15.6 Å². The van der Waals surface area contributed by atoms with E-state index in [1.807, 2.05) is 30.5 Å². The van der Waals surface area contributed by atoms with Gasteiger partial charge in [-0.15, -0.1) is 0 Å². The summed E-state index contributed by atoms with van der Waals surface area (Å²) in [4.78, 5) is 17.0. The van der Waals surface area contributed by atoms with Crippen LogP contribution in [0.3, 0.4) is 0 Å². The highest BCUT2D eigenvalue weighted by atomic mass is 16.2. The number of pyridine rings is 1. The van der Waals surface area contributed by atoms with E-state index >= 15 is 0 Å². The second-order valence-electron chi connectivity index (χ2n) is 7.00. The first-order chi connectivity index (χ1) is 10.6. The van der Waals surface area contributed by atoms with E-state index in [1.54, 1.807) is 0 Å². The molecule has 1 saturated carbocycles. The molecular formula is C18H21N3O. The Bertz CT molecular complexity index is 725. The number of carbonyl (C=O) groups is 1. The minimum absolute atomic E-state index is 0.197. The Labute approximate surface area is 130 Å². The summed E-state index contributed by atoms with van der Waals surface area (Å²) in [6.07, 6.45) is 1.82. The third-order valence-corrected chi connectivity index (χ3v) is 5.15. The number of nitrogens with zero attached hydrogens (tertiary/aromatic N) is 1. The quantitative estimate of drug-likeness (QED) is 0.911. The highest BCUT2D eigenvalue weighted by Crippen LogP contribution is 2.49. The Kier molecular flexibility index (Phi) is 2.98. The first-order valence-electron chi connectivity index (χ1n) is 7.95. The molecule has 2 aromatic rings. The molecule has 0 spiro atoms. The maximum atomic E-state index is 12.6. The van der Waals surface area contributed by atoms with Gasteiger partial charge in [0.2, 0.25) is 5.91 Å². The predicted octanol–water partition coefficient (Wildman–Crippen LogP) is 2.05. The molecule has 1 aliphatic carbocycles. The number of carbonyl (C=O) groups excluding carboxylic acids is 1. The van der Waals surface area contributed by atoms with Crippen LogP contribution in [0.2, 0.25) is 0 Å². The van der Waals surface area contributed by atoms with Gasteiger partial charge in [0.1, 0.15) is 0 Å². The highest BCUT2D eigenvalue weighted by Gasteiger charge is 2.57. The molecule has 3 atom stereocenters. The lowest BCUT2D eigenvalue weighted by Gasteiger charge is -2.28. The van der Waals surface area contributed by atoms with Gasteiger partial charge in [-0.1, -0.05) is 18.2 Å². The molecule has 1 aromatic heterocycles. The molecule has 4 rings (SSSR count). The Morgan fingerprint density at radius 1 is 1.23 bits per heavy atom. The van der Waals surface area contributed by atoms with Crippen LogP contribution < -0.4 is 10.6 Å². The number of para-hydroxylation sites is 1. The molecular weight excluding hydrogens is 274 g/mol. The SMILES string of the molecule is CC(C)(NC(=O)C1C2CNC[C@H]21)c1ccnc2ccccc12. The molecule has 1 saturated heterocycles. The normalized spacial score (nSPS) is 26.7. The van der Waals surface area contributed by atoms with Crippen molar-refractivity contribution in [1.29, 1.82) is 0 Å². The topological polar surface area (TPSA) is 54.0 Å². The fraction of sp³-hybridized carbons (Fsp3) is 0.444. The number of piperidine rings is 1. The van der Waals surface area contributed by atoms with E-state index in [0.29, 0.717) is 11.8 Å². The van der Waals surface area contributed by atoms with Gasteiger partial charge in [-0.3, -0.25) is 9.78 Å². The zero-order valence-corrected chi connectivity index (χ0v) is 13.0. The van der Waals surface area contributed by atoms with Crippen LogP contribution >= 0.6 is 0 Å². The number of fused-ring (bicyclic) bond motifs is 2. The number of amides is 1. The van der Waals surface area contributed by atoms with E-state index in [9.17, 15) is 4.79 Å². The van der Waals surface area contributed by atoms with Crippen LogP contribution in [0.15, 0.2) is 36.5 Å². The van der Waals surface area contributed by atoms with Crippen molar-refractivity contribution in [3.8, 4) is 0 Å². The van der Waals surface area contributed by atoms with E-state index < -0.39 is 5.54 Å². The molecule has 4 heteroatoms. The molecule has 2 N–H and O–H groups in total. The summed E-state index contributed by atoms with van der Waals surface area (Å²) in [5, 5.41) is 7.70. The Hall–Kier alpha value is -1.94. The zero-order chi connectivity index (χ0) is 15.3. The fourth-order valence-electron chi connectivity index (χ4n) is 3.91. The van der Waals surface area contributed by atoms with E-state index in [1.165, 1.54) is 0 Å². The second kappa shape index (κ2) is 4.78. The Morgan fingerprint density at radius 2 is 1.95 bits per heavy atom. The molecule has 114 valence electrons. The van der Waals surface area contributed by atoms with Gasteiger partial charge in [0.05, 0.1) is 11.1 Å². The van der Waals surface area contributed by atoms with Crippen LogP contribution in [-0.2, 0) is 10.3 Å². The minimum atomic E-state index is -0.399. The van der Waals surface area contributed by atoms with Gasteiger partial charge in [-0.05, 0) is 56.5 Å². The third-order valence-electron chi connectivity index (χ3n) is 5.15. The van der Waals surface area contributed by atoms with Gasteiger partial charge >= 0.3 is 0 Å². The number of hydrogen-bond donors (Lipinski definition) is 2. The van der Waals surface area contributed by atoms with Crippen molar-refractivity contribution in [2.75, 3.05) is 13.1 Å². The zero-order valence-electron chi connectivity index (χ0n) is 13.0. The Balaban J connectivity index is 1.61. The molecule has 22 heavy (non-hydrogen) atoms. The number of rotatable bonds is 3. The van der Waals surface area contributed by atoms with Gasteiger partial charge in [0.25, 0.3) is 0 Å².